The average Bonchev–Trinajstić information content (AvgIpc) is 3.59. The first kappa shape index (κ1) is 17.2. The van der Waals surface area contributed by atoms with Crippen molar-refractivity contribution >= 4 is 16.9 Å². The minimum Gasteiger partial charge on any atom is -0.337 e. The molecular weight excluding hydrogens is 350 g/mol. The molecule has 142 valence electrons. The van der Waals surface area contributed by atoms with Crippen molar-refractivity contribution in [3.8, 4) is 0 Å². The van der Waals surface area contributed by atoms with Gasteiger partial charge in [-0.1, -0.05) is 0 Å². The monoisotopic (exact) mass is 373 g/mol. The maximum absolute atomic E-state index is 12.6. The van der Waals surface area contributed by atoms with E-state index < -0.39 is 0 Å². The van der Waals surface area contributed by atoms with Crippen molar-refractivity contribution in [2.75, 3.05) is 13.1 Å². The van der Waals surface area contributed by atoms with E-state index in [-0.39, 0.29) is 5.91 Å². The molecule has 28 heavy (non-hydrogen) atoms. The Morgan fingerprint density at radius 2 is 1.79 bits per heavy atom. The lowest BCUT2D eigenvalue weighted by Crippen LogP contribution is -2.38. The first-order valence-electron chi connectivity index (χ1n) is 10.0. The Hall–Kier alpha value is -2.89. The second kappa shape index (κ2) is 6.93. The van der Waals surface area contributed by atoms with E-state index in [0.717, 1.165) is 35.3 Å². The van der Waals surface area contributed by atoms with Crippen LogP contribution in [0.5, 0.6) is 0 Å². The molecule has 0 spiro atoms. The number of piperidine rings is 1. The van der Waals surface area contributed by atoms with Crippen LogP contribution in [-0.2, 0) is 0 Å². The zero-order valence-electron chi connectivity index (χ0n) is 16.0. The molecule has 4 heterocycles. The van der Waals surface area contributed by atoms with E-state index in [2.05, 4.69) is 33.2 Å². The van der Waals surface area contributed by atoms with Crippen molar-refractivity contribution in [3.05, 3.63) is 59.4 Å². The second-order valence-corrected chi connectivity index (χ2v) is 7.94. The molecule has 1 saturated heterocycles. The van der Waals surface area contributed by atoms with Crippen molar-refractivity contribution in [1.82, 2.24) is 24.8 Å². The summed E-state index contributed by atoms with van der Waals surface area (Å²) in [5.74, 6) is 1.03. The molecule has 0 atom stereocenters. The van der Waals surface area contributed by atoms with Gasteiger partial charge in [-0.15, -0.1) is 0 Å². The Balaban J connectivity index is 1.27. The summed E-state index contributed by atoms with van der Waals surface area (Å²) in [5.41, 5.74) is 4.49. The Bertz CT molecular complexity index is 1020. The molecule has 3 aromatic heterocycles. The molecule has 2 aliphatic rings. The minimum absolute atomic E-state index is 0.0355. The SMILES string of the molecule is Cc1cnc(C(=O)N2CCC(c3ccc4cc(C5CC5)cnc4n3)CC2)cn1. The summed E-state index contributed by atoms with van der Waals surface area (Å²) in [6.45, 7) is 3.30. The number of pyridine rings is 2. The second-order valence-electron chi connectivity index (χ2n) is 7.94. The first-order valence-corrected chi connectivity index (χ1v) is 10.0. The number of hydrogen-bond donors (Lipinski definition) is 0. The molecule has 1 saturated carbocycles. The smallest absolute Gasteiger partial charge is 0.274 e. The molecule has 0 bridgehead atoms. The molecule has 0 radical (unpaired) electrons. The molecule has 3 aromatic rings. The highest BCUT2D eigenvalue weighted by Crippen LogP contribution is 2.40. The number of carbonyl (C=O) groups excluding carboxylic acids is 1. The molecule has 2 fully saturated rings. The predicted molar refractivity (Wildman–Crippen MR) is 106 cm³/mol. The molecule has 1 aliphatic heterocycles. The van der Waals surface area contributed by atoms with Crippen molar-refractivity contribution in [2.45, 2.75) is 44.4 Å². The van der Waals surface area contributed by atoms with Gasteiger partial charge in [-0.25, -0.2) is 15.0 Å². The van der Waals surface area contributed by atoms with Crippen LogP contribution in [0.15, 0.2) is 36.8 Å². The molecule has 5 rings (SSSR count). The lowest BCUT2D eigenvalue weighted by atomic mass is 9.92. The first-order chi connectivity index (χ1) is 13.7. The number of carbonyl (C=O) groups is 1. The van der Waals surface area contributed by atoms with Crippen LogP contribution in [-0.4, -0.2) is 43.8 Å². The molecule has 1 aliphatic carbocycles. The third-order valence-electron chi connectivity index (χ3n) is 5.83. The summed E-state index contributed by atoms with van der Waals surface area (Å²) in [5, 5.41) is 1.12. The zero-order chi connectivity index (χ0) is 19.1. The third-order valence-corrected chi connectivity index (χ3v) is 5.83. The van der Waals surface area contributed by atoms with Crippen LogP contribution in [0.2, 0.25) is 0 Å². The Kier molecular flexibility index (Phi) is 4.26. The van der Waals surface area contributed by atoms with Crippen molar-refractivity contribution in [1.29, 1.82) is 0 Å². The van der Waals surface area contributed by atoms with E-state index in [9.17, 15) is 4.79 Å². The number of nitrogens with zero attached hydrogens (tertiary/aromatic N) is 5. The van der Waals surface area contributed by atoms with Gasteiger partial charge in [-0.2, -0.15) is 0 Å². The molecular formula is C22H23N5O. The fourth-order valence-corrected chi connectivity index (χ4v) is 3.95. The quantitative estimate of drug-likeness (QED) is 0.701. The van der Waals surface area contributed by atoms with Gasteiger partial charge in [0.1, 0.15) is 5.69 Å². The molecule has 0 N–H and O–H groups in total. The fraction of sp³-hybridized carbons (Fsp3) is 0.409. The lowest BCUT2D eigenvalue weighted by molar-refractivity contribution is 0.0705. The summed E-state index contributed by atoms with van der Waals surface area (Å²) >= 11 is 0. The number of fused-ring (bicyclic) bond motifs is 1. The fourth-order valence-electron chi connectivity index (χ4n) is 3.95. The van der Waals surface area contributed by atoms with Gasteiger partial charge < -0.3 is 4.90 Å². The van der Waals surface area contributed by atoms with Gasteiger partial charge in [-0.05, 0) is 62.3 Å². The van der Waals surface area contributed by atoms with Gasteiger partial charge in [0.25, 0.3) is 5.91 Å². The highest BCUT2D eigenvalue weighted by atomic mass is 16.2. The van der Waals surface area contributed by atoms with E-state index in [1.165, 1.54) is 18.4 Å². The van der Waals surface area contributed by atoms with Crippen LogP contribution in [0.1, 0.15) is 65.0 Å². The van der Waals surface area contributed by atoms with Gasteiger partial charge in [0, 0.05) is 42.5 Å². The van der Waals surface area contributed by atoms with Gasteiger partial charge in [-0.3, -0.25) is 9.78 Å². The normalized spacial score (nSPS) is 17.8. The van der Waals surface area contributed by atoms with E-state index in [4.69, 9.17) is 4.98 Å². The molecule has 6 nitrogen and oxygen atoms in total. The van der Waals surface area contributed by atoms with Gasteiger partial charge in [0.15, 0.2) is 5.65 Å². The maximum Gasteiger partial charge on any atom is 0.274 e. The number of rotatable bonds is 3. The van der Waals surface area contributed by atoms with Gasteiger partial charge in [0.05, 0.1) is 11.9 Å². The van der Waals surface area contributed by atoms with Gasteiger partial charge >= 0.3 is 0 Å². The lowest BCUT2D eigenvalue weighted by Gasteiger charge is -2.31. The molecule has 6 heteroatoms. The predicted octanol–water partition coefficient (Wildman–Crippen LogP) is 3.63. The van der Waals surface area contributed by atoms with Crippen LogP contribution in [0.3, 0.4) is 0 Å². The Morgan fingerprint density at radius 1 is 0.964 bits per heavy atom. The molecule has 1 amide bonds. The summed E-state index contributed by atoms with van der Waals surface area (Å²) in [6, 6.07) is 6.52. The van der Waals surface area contributed by atoms with Gasteiger partial charge in [0.2, 0.25) is 0 Å². The number of aryl methyl sites for hydroxylation is 1. The zero-order valence-corrected chi connectivity index (χ0v) is 16.0. The van der Waals surface area contributed by atoms with E-state index in [0.29, 0.717) is 30.6 Å². The van der Waals surface area contributed by atoms with Crippen LogP contribution in [0.4, 0.5) is 0 Å². The van der Waals surface area contributed by atoms with E-state index >= 15 is 0 Å². The number of hydrogen-bond acceptors (Lipinski definition) is 5. The summed E-state index contributed by atoms with van der Waals surface area (Å²) < 4.78 is 0. The standard InChI is InChI=1S/C22H23N5O/c1-14-11-24-20(13-23-14)22(28)27-8-6-16(7-9-27)19-5-4-17-10-18(15-2-3-15)12-25-21(17)26-19/h4-5,10-13,15-16H,2-3,6-9H2,1H3. The average molecular weight is 373 g/mol. The summed E-state index contributed by atoms with van der Waals surface area (Å²) in [6.07, 6.45) is 9.57. The summed E-state index contributed by atoms with van der Waals surface area (Å²) in [7, 11) is 0. The van der Waals surface area contributed by atoms with Crippen LogP contribution >= 0.6 is 0 Å². The summed E-state index contributed by atoms with van der Waals surface area (Å²) in [4.78, 5) is 32.3. The number of amides is 1. The maximum atomic E-state index is 12.6. The van der Waals surface area contributed by atoms with Crippen LogP contribution < -0.4 is 0 Å². The third kappa shape index (κ3) is 3.35. The Morgan fingerprint density at radius 3 is 2.50 bits per heavy atom. The van der Waals surface area contributed by atoms with Crippen LogP contribution in [0, 0.1) is 6.92 Å². The highest BCUT2D eigenvalue weighted by molar-refractivity contribution is 5.92. The highest BCUT2D eigenvalue weighted by Gasteiger charge is 2.27. The van der Waals surface area contributed by atoms with E-state index in [1.807, 2.05) is 18.0 Å². The van der Waals surface area contributed by atoms with Crippen molar-refractivity contribution in [3.63, 3.8) is 0 Å². The molecule has 0 unspecified atom stereocenters. The number of likely N-dealkylation sites (tertiary alicyclic amines) is 1. The largest absolute Gasteiger partial charge is 0.337 e. The Labute approximate surface area is 164 Å². The number of aromatic nitrogens is 4. The topological polar surface area (TPSA) is 71.9 Å². The van der Waals surface area contributed by atoms with Crippen molar-refractivity contribution < 1.29 is 4.79 Å². The molecule has 0 aromatic carbocycles. The van der Waals surface area contributed by atoms with Crippen LogP contribution in [0.25, 0.3) is 11.0 Å². The van der Waals surface area contributed by atoms with Crippen molar-refractivity contribution in [2.24, 2.45) is 0 Å². The minimum atomic E-state index is -0.0355. The van der Waals surface area contributed by atoms with E-state index in [1.54, 1.807) is 12.4 Å².